The third kappa shape index (κ3) is 4.51. The number of fused-ring (bicyclic) bond motifs is 2. The van der Waals surface area contributed by atoms with Gasteiger partial charge in [0.05, 0.1) is 0 Å². The molecule has 1 aromatic carbocycles. The second-order valence-corrected chi connectivity index (χ2v) is 10.2. The number of piperidine rings is 1. The summed E-state index contributed by atoms with van der Waals surface area (Å²) in [5.74, 6) is -0.891. The molecule has 1 aromatic rings. The van der Waals surface area contributed by atoms with Crippen LogP contribution in [0.1, 0.15) is 54.4 Å². The summed E-state index contributed by atoms with van der Waals surface area (Å²) in [4.78, 5) is 24.9. The van der Waals surface area contributed by atoms with Gasteiger partial charge in [0.1, 0.15) is 6.54 Å². The van der Waals surface area contributed by atoms with E-state index in [0.717, 1.165) is 60.8 Å². The zero-order valence-corrected chi connectivity index (χ0v) is 17.7. The van der Waals surface area contributed by atoms with Crippen molar-refractivity contribution in [3.8, 4) is 0 Å². The van der Waals surface area contributed by atoms with Crippen LogP contribution < -0.4 is 10.0 Å². The zero-order chi connectivity index (χ0) is 22.4. The number of nitrogens with one attached hydrogen (secondary N) is 2. The summed E-state index contributed by atoms with van der Waals surface area (Å²) >= 11 is 0. The normalized spacial score (nSPS) is 21.1. The molecule has 0 radical (unpaired) electrons. The Morgan fingerprint density at radius 1 is 1.03 bits per heavy atom. The number of nitrogens with zero attached hydrogens (tertiary/aromatic N) is 1. The summed E-state index contributed by atoms with van der Waals surface area (Å²) < 4.78 is 66.1. The molecule has 11 heteroatoms. The number of halogens is 3. The van der Waals surface area contributed by atoms with Crippen LogP contribution in [0.4, 0.5) is 23.7 Å². The van der Waals surface area contributed by atoms with E-state index in [9.17, 15) is 31.2 Å². The molecule has 4 rings (SSSR count). The molecule has 0 bridgehead atoms. The molecule has 7 nitrogen and oxygen atoms in total. The van der Waals surface area contributed by atoms with Gasteiger partial charge in [-0.25, -0.2) is 17.9 Å². The Balaban J connectivity index is 1.54. The van der Waals surface area contributed by atoms with Gasteiger partial charge < -0.3 is 10.2 Å². The van der Waals surface area contributed by atoms with Crippen molar-refractivity contribution >= 4 is 27.6 Å². The fourth-order valence-electron chi connectivity index (χ4n) is 4.90. The van der Waals surface area contributed by atoms with Crippen LogP contribution in [-0.4, -0.2) is 43.4 Å². The molecule has 0 spiro atoms. The largest absolute Gasteiger partial charge is 0.406 e. The van der Waals surface area contributed by atoms with E-state index in [1.54, 1.807) is 0 Å². The summed E-state index contributed by atoms with van der Waals surface area (Å²) in [6.45, 7) is -1.67. The van der Waals surface area contributed by atoms with Crippen LogP contribution >= 0.6 is 0 Å². The summed E-state index contributed by atoms with van der Waals surface area (Å²) in [5, 5.41) is 0.915. The Bertz CT molecular complexity index is 991. The number of amides is 3. The molecule has 2 N–H and O–H groups in total. The van der Waals surface area contributed by atoms with Crippen LogP contribution in [-0.2, 0) is 40.5 Å². The lowest BCUT2D eigenvalue weighted by Crippen LogP contribution is -2.55. The van der Waals surface area contributed by atoms with Gasteiger partial charge in [-0.2, -0.15) is 13.2 Å². The van der Waals surface area contributed by atoms with E-state index in [1.165, 1.54) is 0 Å². The molecule has 1 atom stereocenters. The van der Waals surface area contributed by atoms with Gasteiger partial charge in [0.2, 0.25) is 5.91 Å². The van der Waals surface area contributed by atoms with Crippen molar-refractivity contribution in [1.29, 1.82) is 0 Å². The Labute approximate surface area is 178 Å². The van der Waals surface area contributed by atoms with E-state index < -0.39 is 40.1 Å². The van der Waals surface area contributed by atoms with Gasteiger partial charge in [-0.1, -0.05) is 6.07 Å². The predicted octanol–water partition coefficient (Wildman–Crippen LogP) is 3.02. The first-order valence-electron chi connectivity index (χ1n) is 10.4. The minimum Gasteiger partial charge on any atom is -0.315 e. The highest BCUT2D eigenvalue weighted by molar-refractivity contribution is 7.90. The average molecular weight is 459 g/mol. The number of sulfonamides is 1. The Hall–Kier alpha value is -2.30. The summed E-state index contributed by atoms with van der Waals surface area (Å²) in [6, 6.07) is 1.15. The maximum atomic E-state index is 12.9. The number of hydrogen-bond acceptors (Lipinski definition) is 4. The van der Waals surface area contributed by atoms with Crippen LogP contribution in [0.5, 0.6) is 0 Å². The van der Waals surface area contributed by atoms with Gasteiger partial charge in [-0.05, 0) is 73.6 Å². The van der Waals surface area contributed by atoms with Crippen LogP contribution in [0.15, 0.2) is 6.07 Å². The third-order valence-corrected chi connectivity index (χ3v) is 7.84. The number of hydrogen-bond donors (Lipinski definition) is 2. The van der Waals surface area contributed by atoms with Crippen molar-refractivity contribution in [3.05, 3.63) is 28.3 Å². The molecular formula is C20H24F3N3O4S. The van der Waals surface area contributed by atoms with Crippen LogP contribution in [0.25, 0.3) is 0 Å². The number of anilines is 1. The lowest BCUT2D eigenvalue weighted by Gasteiger charge is -2.35. The number of carbonyl (C=O) groups excluding carboxylic acids is 2. The van der Waals surface area contributed by atoms with Crippen LogP contribution in [0.3, 0.4) is 0 Å². The highest BCUT2D eigenvalue weighted by Gasteiger charge is 2.44. The minimum absolute atomic E-state index is 0.139. The van der Waals surface area contributed by atoms with E-state index in [2.05, 4.69) is 11.4 Å². The second-order valence-electron chi connectivity index (χ2n) is 8.32. The highest BCUT2D eigenvalue weighted by Crippen LogP contribution is 2.38. The smallest absolute Gasteiger partial charge is 0.315 e. The zero-order valence-electron chi connectivity index (χ0n) is 16.8. The van der Waals surface area contributed by atoms with Crippen LogP contribution in [0, 0.1) is 0 Å². The second kappa shape index (κ2) is 7.99. The van der Waals surface area contributed by atoms with Crippen molar-refractivity contribution in [3.63, 3.8) is 0 Å². The van der Waals surface area contributed by atoms with E-state index in [1.807, 2.05) is 4.72 Å². The number of benzene rings is 1. The van der Waals surface area contributed by atoms with E-state index in [0.29, 0.717) is 10.6 Å². The Kier molecular flexibility index (Phi) is 5.65. The van der Waals surface area contributed by atoms with Crippen molar-refractivity contribution in [2.75, 3.05) is 11.9 Å². The van der Waals surface area contributed by atoms with E-state index in [-0.39, 0.29) is 19.3 Å². The van der Waals surface area contributed by atoms with Gasteiger partial charge in [0.25, 0.3) is 10.0 Å². The van der Waals surface area contributed by atoms with Gasteiger partial charge in [-0.3, -0.25) is 4.79 Å². The number of rotatable bonds is 4. The molecule has 0 saturated carbocycles. The Morgan fingerprint density at radius 2 is 1.65 bits per heavy atom. The maximum absolute atomic E-state index is 12.9. The molecule has 1 aliphatic heterocycles. The minimum atomic E-state index is -4.74. The number of carbonyl (C=O) groups is 2. The first-order valence-corrected chi connectivity index (χ1v) is 11.9. The fraction of sp³-hybridized carbons (Fsp3) is 0.600. The molecule has 3 amide bonds. The average Bonchev–Trinajstić information content (AvgIpc) is 3.30. The first kappa shape index (κ1) is 21.9. The maximum Gasteiger partial charge on any atom is 0.406 e. The number of likely N-dealkylation sites (tertiary alicyclic amines) is 1. The molecule has 0 aromatic heterocycles. The third-order valence-electron chi connectivity index (χ3n) is 6.16. The lowest BCUT2D eigenvalue weighted by molar-refractivity contribution is -0.165. The number of urea groups is 1. The summed E-state index contributed by atoms with van der Waals surface area (Å²) in [5.41, 5.74) is 4.92. The SMILES string of the molecule is O=C(Nc1c2c(cc3c1CCC3)CCC2)NS(=O)(=O)C1CCCC(=O)N1CC(F)(F)F. The summed E-state index contributed by atoms with van der Waals surface area (Å²) in [7, 11) is -4.54. The molecule has 31 heavy (non-hydrogen) atoms. The fourth-order valence-corrected chi connectivity index (χ4v) is 6.35. The quantitative estimate of drug-likeness (QED) is 0.724. The molecule has 1 heterocycles. The van der Waals surface area contributed by atoms with Gasteiger partial charge >= 0.3 is 12.2 Å². The van der Waals surface area contributed by atoms with Gasteiger partial charge in [0.15, 0.2) is 5.37 Å². The summed E-state index contributed by atoms with van der Waals surface area (Å²) in [6.07, 6.45) is 0.322. The van der Waals surface area contributed by atoms with Crippen molar-refractivity contribution in [2.45, 2.75) is 69.3 Å². The molecule has 1 unspecified atom stereocenters. The standard InChI is InChI=1S/C20H24F3N3O4S/c21-20(22,23)11-26-16(27)8-3-9-17(26)31(29,30)25-19(28)24-18-14-6-1-4-12(14)10-13-5-2-7-15(13)18/h10,17H,1-9,11H2,(H2,24,25,28). The molecule has 1 saturated heterocycles. The van der Waals surface area contributed by atoms with Crippen LogP contribution in [0.2, 0.25) is 0 Å². The Morgan fingerprint density at radius 3 is 2.23 bits per heavy atom. The predicted molar refractivity (Wildman–Crippen MR) is 107 cm³/mol. The van der Waals surface area contributed by atoms with Gasteiger partial charge in [-0.15, -0.1) is 0 Å². The topological polar surface area (TPSA) is 95.6 Å². The molecule has 3 aliphatic rings. The molecular weight excluding hydrogens is 435 g/mol. The number of alkyl halides is 3. The number of aryl methyl sites for hydroxylation is 2. The molecule has 1 fully saturated rings. The molecule has 2 aliphatic carbocycles. The van der Waals surface area contributed by atoms with E-state index in [4.69, 9.17) is 0 Å². The lowest BCUT2D eigenvalue weighted by atomic mass is 9.99. The highest BCUT2D eigenvalue weighted by atomic mass is 32.2. The van der Waals surface area contributed by atoms with Gasteiger partial charge in [0, 0.05) is 12.1 Å². The first-order chi connectivity index (χ1) is 14.5. The van der Waals surface area contributed by atoms with Crippen molar-refractivity contribution in [1.82, 2.24) is 9.62 Å². The van der Waals surface area contributed by atoms with Crippen molar-refractivity contribution in [2.24, 2.45) is 0 Å². The molecule has 170 valence electrons. The van der Waals surface area contributed by atoms with Crippen molar-refractivity contribution < 1.29 is 31.2 Å². The monoisotopic (exact) mass is 459 g/mol. The van der Waals surface area contributed by atoms with E-state index >= 15 is 0 Å².